The Balaban J connectivity index is 2.22. The minimum absolute atomic E-state index is 0.141. The number of benzene rings is 1. The van der Waals surface area contributed by atoms with Crippen LogP contribution in [0.25, 0.3) is 0 Å². The van der Waals surface area contributed by atoms with E-state index in [1.807, 2.05) is 24.3 Å². The molecule has 1 atom stereocenters. The largest absolute Gasteiger partial charge is 0.493 e. The predicted molar refractivity (Wildman–Crippen MR) is 85.0 cm³/mol. The topological polar surface area (TPSA) is 60.1 Å². The zero-order chi connectivity index (χ0) is 15.5. The SMILES string of the molecule is C=CCN1C(N)=NCC1(C)Cc1ccc(OC)c(OC)c1. The molecule has 1 aromatic rings. The zero-order valence-corrected chi connectivity index (χ0v) is 12.9. The van der Waals surface area contributed by atoms with Crippen LogP contribution < -0.4 is 15.2 Å². The summed E-state index contributed by atoms with van der Waals surface area (Å²) in [5, 5.41) is 0. The molecule has 2 rings (SSSR count). The van der Waals surface area contributed by atoms with Crippen molar-refractivity contribution in [2.24, 2.45) is 10.7 Å². The number of hydrogen-bond acceptors (Lipinski definition) is 5. The van der Waals surface area contributed by atoms with Gasteiger partial charge in [0.25, 0.3) is 0 Å². The Hall–Kier alpha value is -2.17. The van der Waals surface area contributed by atoms with Gasteiger partial charge in [-0.25, -0.2) is 0 Å². The lowest BCUT2D eigenvalue weighted by Crippen LogP contribution is -2.50. The summed E-state index contributed by atoms with van der Waals surface area (Å²) < 4.78 is 10.6. The Bertz CT molecular complexity index is 556. The molecule has 1 aliphatic heterocycles. The van der Waals surface area contributed by atoms with E-state index in [1.54, 1.807) is 14.2 Å². The summed E-state index contributed by atoms with van der Waals surface area (Å²) in [6.45, 7) is 7.33. The molecule has 0 saturated carbocycles. The average Bonchev–Trinajstić information content (AvgIpc) is 2.76. The second kappa shape index (κ2) is 6.08. The van der Waals surface area contributed by atoms with Crippen LogP contribution in [0.3, 0.4) is 0 Å². The summed E-state index contributed by atoms with van der Waals surface area (Å²) in [5.41, 5.74) is 7.00. The fraction of sp³-hybridized carbons (Fsp3) is 0.438. The molecule has 0 aliphatic carbocycles. The van der Waals surface area contributed by atoms with Gasteiger partial charge in [-0.05, 0) is 31.0 Å². The first-order valence-corrected chi connectivity index (χ1v) is 6.93. The van der Waals surface area contributed by atoms with Crippen molar-refractivity contribution < 1.29 is 9.47 Å². The highest BCUT2D eigenvalue weighted by Gasteiger charge is 2.37. The lowest BCUT2D eigenvalue weighted by molar-refractivity contribution is 0.239. The molecule has 1 heterocycles. The van der Waals surface area contributed by atoms with Crippen LogP contribution in [0.15, 0.2) is 35.8 Å². The first-order valence-electron chi connectivity index (χ1n) is 6.93. The van der Waals surface area contributed by atoms with E-state index in [0.29, 0.717) is 19.0 Å². The number of nitrogens with two attached hydrogens (primary N) is 1. The van der Waals surface area contributed by atoms with Gasteiger partial charge in [0.1, 0.15) is 0 Å². The highest BCUT2D eigenvalue weighted by atomic mass is 16.5. The van der Waals surface area contributed by atoms with Crippen LogP contribution in [0, 0.1) is 0 Å². The molecule has 0 bridgehead atoms. The first-order chi connectivity index (χ1) is 10.0. The minimum Gasteiger partial charge on any atom is -0.493 e. The average molecular weight is 289 g/mol. The predicted octanol–water partition coefficient (Wildman–Crippen LogP) is 1.82. The summed E-state index contributed by atoms with van der Waals surface area (Å²) in [4.78, 5) is 6.47. The van der Waals surface area contributed by atoms with Crippen LogP contribution in [0.1, 0.15) is 12.5 Å². The number of hydrogen-bond donors (Lipinski definition) is 1. The molecule has 2 N–H and O–H groups in total. The van der Waals surface area contributed by atoms with Gasteiger partial charge in [-0.2, -0.15) is 0 Å². The molecule has 5 nitrogen and oxygen atoms in total. The van der Waals surface area contributed by atoms with E-state index in [0.717, 1.165) is 23.5 Å². The zero-order valence-electron chi connectivity index (χ0n) is 12.9. The number of aliphatic imine (C=N–C) groups is 1. The number of rotatable bonds is 6. The van der Waals surface area contributed by atoms with Crippen LogP contribution >= 0.6 is 0 Å². The van der Waals surface area contributed by atoms with Crippen molar-refractivity contribution in [1.29, 1.82) is 0 Å². The fourth-order valence-corrected chi connectivity index (χ4v) is 2.72. The molecule has 0 aromatic heterocycles. The van der Waals surface area contributed by atoms with Gasteiger partial charge in [-0.15, -0.1) is 6.58 Å². The van der Waals surface area contributed by atoms with Crippen LogP contribution in [-0.4, -0.2) is 43.7 Å². The maximum Gasteiger partial charge on any atom is 0.192 e. The monoisotopic (exact) mass is 289 g/mol. The maximum atomic E-state index is 5.98. The van der Waals surface area contributed by atoms with Crippen molar-refractivity contribution in [3.8, 4) is 11.5 Å². The second-order valence-electron chi connectivity index (χ2n) is 5.44. The van der Waals surface area contributed by atoms with E-state index < -0.39 is 0 Å². The lowest BCUT2D eigenvalue weighted by Gasteiger charge is -2.35. The molecule has 5 heteroatoms. The fourth-order valence-electron chi connectivity index (χ4n) is 2.72. The summed E-state index contributed by atoms with van der Waals surface area (Å²) in [6, 6.07) is 5.98. The van der Waals surface area contributed by atoms with Crippen molar-refractivity contribution in [3.63, 3.8) is 0 Å². The third kappa shape index (κ3) is 2.96. The number of methoxy groups -OCH3 is 2. The molecule has 21 heavy (non-hydrogen) atoms. The summed E-state index contributed by atoms with van der Waals surface area (Å²) in [6.07, 6.45) is 2.67. The van der Waals surface area contributed by atoms with Crippen LogP contribution in [0.5, 0.6) is 11.5 Å². The lowest BCUT2D eigenvalue weighted by atomic mass is 9.91. The molecule has 1 aliphatic rings. The molecule has 0 amide bonds. The molecule has 1 aromatic carbocycles. The molecule has 0 spiro atoms. The quantitative estimate of drug-likeness (QED) is 0.812. The van der Waals surface area contributed by atoms with Crippen molar-refractivity contribution >= 4 is 5.96 Å². The van der Waals surface area contributed by atoms with Crippen LogP contribution in [0.4, 0.5) is 0 Å². The molecule has 1 unspecified atom stereocenters. The molecule has 0 radical (unpaired) electrons. The van der Waals surface area contributed by atoms with Gasteiger partial charge in [0.05, 0.1) is 26.3 Å². The second-order valence-corrected chi connectivity index (χ2v) is 5.44. The van der Waals surface area contributed by atoms with Crippen LogP contribution in [0.2, 0.25) is 0 Å². The van der Waals surface area contributed by atoms with Crippen LogP contribution in [-0.2, 0) is 6.42 Å². The van der Waals surface area contributed by atoms with E-state index in [2.05, 4.69) is 23.4 Å². The van der Waals surface area contributed by atoms with E-state index in [4.69, 9.17) is 15.2 Å². The third-order valence-electron chi connectivity index (χ3n) is 3.85. The van der Waals surface area contributed by atoms with Crippen molar-refractivity contribution in [1.82, 2.24) is 4.90 Å². The Morgan fingerprint density at radius 2 is 2.10 bits per heavy atom. The van der Waals surface area contributed by atoms with E-state index in [1.165, 1.54) is 0 Å². The Morgan fingerprint density at radius 1 is 1.38 bits per heavy atom. The summed E-state index contributed by atoms with van der Waals surface area (Å²) >= 11 is 0. The number of guanidine groups is 1. The number of nitrogens with zero attached hydrogens (tertiary/aromatic N) is 2. The maximum absolute atomic E-state index is 5.98. The molecule has 0 saturated heterocycles. The molecular weight excluding hydrogens is 266 g/mol. The van der Waals surface area contributed by atoms with Gasteiger partial charge in [0.2, 0.25) is 0 Å². The van der Waals surface area contributed by atoms with E-state index in [-0.39, 0.29) is 5.54 Å². The molecular formula is C16H23N3O2. The van der Waals surface area contributed by atoms with Gasteiger partial charge >= 0.3 is 0 Å². The molecule has 114 valence electrons. The van der Waals surface area contributed by atoms with Crippen molar-refractivity contribution in [2.45, 2.75) is 18.9 Å². The highest BCUT2D eigenvalue weighted by Crippen LogP contribution is 2.31. The Labute approximate surface area is 126 Å². The first kappa shape index (κ1) is 15.2. The molecule has 0 fully saturated rings. The van der Waals surface area contributed by atoms with Gasteiger partial charge < -0.3 is 20.1 Å². The van der Waals surface area contributed by atoms with E-state index in [9.17, 15) is 0 Å². The summed E-state index contributed by atoms with van der Waals surface area (Å²) in [7, 11) is 3.28. The number of ether oxygens (including phenoxy) is 2. The summed E-state index contributed by atoms with van der Waals surface area (Å²) in [5.74, 6) is 2.05. The third-order valence-corrected chi connectivity index (χ3v) is 3.85. The van der Waals surface area contributed by atoms with Crippen molar-refractivity contribution in [3.05, 3.63) is 36.4 Å². The highest BCUT2D eigenvalue weighted by molar-refractivity contribution is 5.81. The van der Waals surface area contributed by atoms with Gasteiger partial charge in [0, 0.05) is 6.54 Å². The van der Waals surface area contributed by atoms with Gasteiger partial charge in [-0.3, -0.25) is 4.99 Å². The Morgan fingerprint density at radius 3 is 2.71 bits per heavy atom. The van der Waals surface area contributed by atoms with Crippen molar-refractivity contribution in [2.75, 3.05) is 27.3 Å². The minimum atomic E-state index is -0.141. The van der Waals surface area contributed by atoms with Gasteiger partial charge in [0.15, 0.2) is 17.5 Å². The Kier molecular flexibility index (Phi) is 4.40. The smallest absolute Gasteiger partial charge is 0.192 e. The van der Waals surface area contributed by atoms with E-state index >= 15 is 0 Å². The van der Waals surface area contributed by atoms with Gasteiger partial charge in [-0.1, -0.05) is 12.1 Å². The normalized spacial score (nSPS) is 21.1. The standard InChI is InChI=1S/C16H23N3O2/c1-5-8-19-15(17)18-11-16(19,2)10-12-6-7-13(20-3)14(9-12)21-4/h5-7,9H,1,8,10-11H2,2-4H3,(H2,17,18).